The third-order valence-electron chi connectivity index (χ3n) is 2.29. The average Bonchev–Trinajstić information content (AvgIpc) is 2.77. The first-order chi connectivity index (χ1) is 9.10. The predicted octanol–water partition coefficient (Wildman–Crippen LogP) is 1.39. The van der Waals surface area contributed by atoms with Crippen LogP contribution >= 0.6 is 23.4 Å². The Hall–Kier alpha value is -1.73. The van der Waals surface area contributed by atoms with E-state index in [0.717, 1.165) is 0 Å². The van der Waals surface area contributed by atoms with Crippen LogP contribution in [-0.4, -0.2) is 33.3 Å². The second kappa shape index (κ2) is 5.94. The van der Waals surface area contributed by atoms with Gasteiger partial charge in [-0.3, -0.25) is 4.79 Å². The minimum atomic E-state index is -0.136. The van der Waals surface area contributed by atoms with E-state index in [9.17, 15) is 15.0 Å². The first-order valence-electron chi connectivity index (χ1n) is 5.24. The van der Waals surface area contributed by atoms with Crippen molar-refractivity contribution in [3.8, 4) is 11.5 Å². The van der Waals surface area contributed by atoms with E-state index >= 15 is 0 Å². The number of thioether (sulfide) groups is 1. The topological polar surface area (TPSA) is 94.3 Å². The molecule has 2 rings (SSSR count). The third kappa shape index (κ3) is 3.39. The van der Waals surface area contributed by atoms with Gasteiger partial charge in [0.05, 0.1) is 12.0 Å². The van der Waals surface area contributed by atoms with Crippen LogP contribution in [0.25, 0.3) is 0 Å². The lowest BCUT2D eigenvalue weighted by molar-refractivity contribution is -0.116. The van der Waals surface area contributed by atoms with Crippen molar-refractivity contribution < 1.29 is 15.0 Å². The number of nitrogens with zero attached hydrogens (tertiary/aromatic N) is 2. The fourth-order valence-electron chi connectivity index (χ4n) is 1.46. The van der Waals surface area contributed by atoms with Crippen LogP contribution in [0.2, 0.25) is 0 Å². The first-order valence-corrected chi connectivity index (χ1v) is 6.76. The Morgan fingerprint density at radius 3 is 2.89 bits per heavy atom. The molecule has 0 aromatic heterocycles. The molecule has 1 saturated heterocycles. The van der Waals surface area contributed by atoms with Crippen LogP contribution in [0.1, 0.15) is 11.1 Å². The van der Waals surface area contributed by atoms with E-state index in [1.54, 1.807) is 0 Å². The summed E-state index contributed by atoms with van der Waals surface area (Å²) in [5, 5.41) is 29.6. The molecule has 1 aromatic rings. The van der Waals surface area contributed by atoms with Gasteiger partial charge in [-0.1, -0.05) is 11.8 Å². The van der Waals surface area contributed by atoms with Crippen LogP contribution in [0.3, 0.4) is 0 Å². The molecule has 6 nitrogen and oxygen atoms in total. The van der Waals surface area contributed by atoms with E-state index in [1.807, 2.05) is 0 Å². The van der Waals surface area contributed by atoms with Crippen LogP contribution in [0, 0.1) is 0 Å². The smallest absolute Gasteiger partial charge is 0.236 e. The molecular formula is C11H10ClN3O3S. The molecule has 1 aliphatic heterocycles. The fourth-order valence-corrected chi connectivity index (χ4v) is 2.31. The second-order valence-corrected chi connectivity index (χ2v) is 4.89. The largest absolute Gasteiger partial charge is 0.508 e. The van der Waals surface area contributed by atoms with Crippen LogP contribution in [0.15, 0.2) is 22.3 Å². The number of phenols is 2. The standard InChI is InChI=1S/C11H10ClN3O3S/c12-3-6-1-7(16)2-9(17)8(6)4-13-15-11-14-10(18)5-19-11/h1-2,4,16-17H,3,5H2,(H,14,15,18). The second-order valence-electron chi connectivity index (χ2n) is 3.66. The normalized spacial score (nSPS) is 17.3. The molecule has 1 aromatic carbocycles. The molecule has 1 fully saturated rings. The summed E-state index contributed by atoms with van der Waals surface area (Å²) in [4.78, 5) is 10.9. The van der Waals surface area contributed by atoms with Gasteiger partial charge in [-0.15, -0.1) is 16.7 Å². The minimum Gasteiger partial charge on any atom is -0.508 e. The van der Waals surface area contributed by atoms with Crippen LogP contribution in [0.4, 0.5) is 0 Å². The van der Waals surface area contributed by atoms with Crippen LogP contribution in [0.5, 0.6) is 11.5 Å². The summed E-state index contributed by atoms with van der Waals surface area (Å²) in [5.41, 5.74) is 0.915. The SMILES string of the molecule is O=C1CSC(=NN=Cc2c(O)cc(O)cc2CCl)N1. The van der Waals surface area contributed by atoms with Gasteiger partial charge in [0.2, 0.25) is 5.91 Å². The monoisotopic (exact) mass is 299 g/mol. The lowest BCUT2D eigenvalue weighted by atomic mass is 10.1. The van der Waals surface area contributed by atoms with Crippen molar-refractivity contribution in [2.45, 2.75) is 5.88 Å². The molecule has 0 atom stereocenters. The molecule has 0 unspecified atom stereocenters. The zero-order chi connectivity index (χ0) is 13.8. The number of phenolic OH excluding ortho intramolecular Hbond substituents is 2. The van der Waals surface area contributed by atoms with Gasteiger partial charge in [0.1, 0.15) is 11.5 Å². The fraction of sp³-hybridized carbons (Fsp3) is 0.182. The number of benzene rings is 1. The molecule has 0 bridgehead atoms. The van der Waals surface area contributed by atoms with Crippen molar-refractivity contribution in [2.75, 3.05) is 5.75 Å². The summed E-state index contributed by atoms with van der Waals surface area (Å²) >= 11 is 6.97. The average molecular weight is 300 g/mol. The number of carbonyl (C=O) groups excluding carboxylic acids is 1. The molecular weight excluding hydrogens is 290 g/mol. The third-order valence-corrected chi connectivity index (χ3v) is 3.45. The molecule has 1 amide bonds. The van der Waals surface area contributed by atoms with Gasteiger partial charge in [0.25, 0.3) is 0 Å². The summed E-state index contributed by atoms with van der Waals surface area (Å²) in [5.74, 6) is 0.114. The van der Waals surface area contributed by atoms with Gasteiger partial charge in [-0.05, 0) is 11.6 Å². The molecule has 0 aliphatic carbocycles. The highest BCUT2D eigenvalue weighted by Gasteiger charge is 2.16. The van der Waals surface area contributed by atoms with Gasteiger partial charge in [-0.2, -0.15) is 5.10 Å². The van der Waals surface area contributed by atoms with E-state index in [1.165, 1.54) is 30.1 Å². The van der Waals surface area contributed by atoms with E-state index in [0.29, 0.717) is 22.0 Å². The van der Waals surface area contributed by atoms with Gasteiger partial charge >= 0.3 is 0 Å². The molecule has 0 saturated carbocycles. The van der Waals surface area contributed by atoms with E-state index in [2.05, 4.69) is 15.5 Å². The number of hydrogen-bond donors (Lipinski definition) is 3. The highest BCUT2D eigenvalue weighted by molar-refractivity contribution is 8.15. The molecule has 1 heterocycles. The van der Waals surface area contributed by atoms with Gasteiger partial charge in [0, 0.05) is 17.5 Å². The number of aromatic hydroxyl groups is 2. The van der Waals surface area contributed by atoms with Gasteiger partial charge in [0.15, 0.2) is 5.17 Å². The van der Waals surface area contributed by atoms with Crippen LogP contribution in [-0.2, 0) is 10.7 Å². The zero-order valence-corrected chi connectivity index (χ0v) is 11.2. The molecule has 1 aliphatic rings. The van der Waals surface area contributed by atoms with E-state index < -0.39 is 0 Å². The minimum absolute atomic E-state index is 0.0739. The predicted molar refractivity (Wildman–Crippen MR) is 75.0 cm³/mol. The van der Waals surface area contributed by atoms with Crippen molar-refractivity contribution in [3.63, 3.8) is 0 Å². The maximum absolute atomic E-state index is 10.9. The van der Waals surface area contributed by atoms with Crippen molar-refractivity contribution in [1.82, 2.24) is 5.32 Å². The first kappa shape index (κ1) is 13.7. The number of nitrogens with one attached hydrogen (secondary N) is 1. The molecule has 19 heavy (non-hydrogen) atoms. The summed E-state index contributed by atoms with van der Waals surface area (Å²) < 4.78 is 0. The lowest BCUT2D eigenvalue weighted by Gasteiger charge is -2.05. The highest BCUT2D eigenvalue weighted by Crippen LogP contribution is 2.27. The Balaban J connectivity index is 2.21. The Labute approximate surface area is 118 Å². The Morgan fingerprint density at radius 2 is 2.26 bits per heavy atom. The number of carbonyl (C=O) groups is 1. The maximum atomic E-state index is 10.9. The number of amides is 1. The van der Waals surface area contributed by atoms with Crippen molar-refractivity contribution >= 4 is 40.7 Å². The summed E-state index contributed by atoms with van der Waals surface area (Å²) in [7, 11) is 0. The lowest BCUT2D eigenvalue weighted by Crippen LogP contribution is -2.19. The van der Waals surface area contributed by atoms with E-state index in [4.69, 9.17) is 11.6 Å². The highest BCUT2D eigenvalue weighted by atomic mass is 35.5. The maximum Gasteiger partial charge on any atom is 0.236 e. The Bertz CT molecular complexity index is 575. The molecule has 8 heteroatoms. The van der Waals surface area contributed by atoms with Gasteiger partial charge in [-0.25, -0.2) is 0 Å². The zero-order valence-electron chi connectivity index (χ0n) is 9.63. The number of rotatable bonds is 3. The van der Waals surface area contributed by atoms with Crippen molar-refractivity contribution in [3.05, 3.63) is 23.3 Å². The number of alkyl halides is 1. The number of amidine groups is 1. The number of halogens is 1. The molecule has 3 N–H and O–H groups in total. The summed E-state index contributed by atoms with van der Waals surface area (Å²) in [6.07, 6.45) is 1.32. The number of hydrogen-bond acceptors (Lipinski definition) is 6. The molecule has 0 spiro atoms. The Morgan fingerprint density at radius 1 is 1.47 bits per heavy atom. The molecule has 100 valence electrons. The van der Waals surface area contributed by atoms with Crippen LogP contribution < -0.4 is 5.32 Å². The van der Waals surface area contributed by atoms with Gasteiger partial charge < -0.3 is 15.5 Å². The van der Waals surface area contributed by atoms with Crippen molar-refractivity contribution in [1.29, 1.82) is 0 Å². The molecule has 0 radical (unpaired) electrons. The summed E-state index contributed by atoms with van der Waals surface area (Å²) in [6.45, 7) is 0. The quantitative estimate of drug-likeness (QED) is 0.446. The Kier molecular flexibility index (Phi) is 4.28. The van der Waals surface area contributed by atoms with E-state index in [-0.39, 0.29) is 23.3 Å². The van der Waals surface area contributed by atoms with Crippen molar-refractivity contribution in [2.24, 2.45) is 10.2 Å². The summed E-state index contributed by atoms with van der Waals surface area (Å²) in [6, 6.07) is 2.63.